The molecule has 2 heterocycles. The molecule has 2 aromatic rings. The summed E-state index contributed by atoms with van der Waals surface area (Å²) >= 11 is 0. The molecule has 0 aliphatic carbocycles. The average molecular weight is 481 g/mol. The number of methoxy groups -OCH3 is 1. The fraction of sp³-hybridized carbons (Fsp3) is 0.407. The van der Waals surface area contributed by atoms with E-state index in [1.807, 2.05) is 19.1 Å². The van der Waals surface area contributed by atoms with Gasteiger partial charge >= 0.3 is 0 Å². The maximum Gasteiger partial charge on any atom is 0.295 e. The average Bonchev–Trinajstić information content (AvgIpc) is 3.16. The first-order valence-electron chi connectivity index (χ1n) is 12.0. The standard InChI is InChI=1S/C27H32N2O6/c1-3-15-35-21-10-9-20(18-22(21)33-2)24-23(25(30)19-7-5-4-6-8-19)26(31)27(32)29(24)12-11-28-13-16-34-17-14-28/h4-10,18,24,30H,3,11-17H2,1-2H3/t24-/m0/s1. The molecule has 0 saturated carbocycles. The van der Waals surface area contributed by atoms with Crippen LogP contribution in [0.4, 0.5) is 0 Å². The fourth-order valence-electron chi connectivity index (χ4n) is 4.47. The van der Waals surface area contributed by atoms with Gasteiger partial charge in [-0.25, -0.2) is 0 Å². The van der Waals surface area contributed by atoms with Gasteiger partial charge in [-0.15, -0.1) is 0 Å². The molecule has 0 aromatic heterocycles. The van der Waals surface area contributed by atoms with E-state index in [1.54, 1.807) is 48.4 Å². The van der Waals surface area contributed by atoms with Crippen molar-refractivity contribution in [2.24, 2.45) is 0 Å². The van der Waals surface area contributed by atoms with Crippen molar-refractivity contribution in [1.29, 1.82) is 0 Å². The molecular weight excluding hydrogens is 448 g/mol. The van der Waals surface area contributed by atoms with Gasteiger partial charge in [0.05, 0.1) is 38.5 Å². The van der Waals surface area contributed by atoms with Crippen molar-refractivity contribution < 1.29 is 28.9 Å². The zero-order chi connectivity index (χ0) is 24.8. The van der Waals surface area contributed by atoms with Crippen LogP contribution in [0.1, 0.15) is 30.5 Å². The molecule has 2 saturated heterocycles. The molecule has 4 rings (SSSR count). The molecular formula is C27H32N2O6. The van der Waals surface area contributed by atoms with Crippen molar-refractivity contribution in [2.45, 2.75) is 19.4 Å². The molecule has 186 valence electrons. The molecule has 0 bridgehead atoms. The first kappa shape index (κ1) is 24.8. The van der Waals surface area contributed by atoms with Gasteiger partial charge in [0.25, 0.3) is 11.7 Å². The van der Waals surface area contributed by atoms with Crippen LogP contribution in [-0.4, -0.2) is 79.7 Å². The molecule has 2 fully saturated rings. The summed E-state index contributed by atoms with van der Waals surface area (Å²) in [5, 5.41) is 11.2. The fourth-order valence-corrected chi connectivity index (χ4v) is 4.47. The Hall–Kier alpha value is -3.36. The van der Waals surface area contributed by atoms with Gasteiger partial charge in [0, 0.05) is 31.7 Å². The van der Waals surface area contributed by atoms with Gasteiger partial charge in [-0.1, -0.05) is 43.3 Å². The second-order valence-electron chi connectivity index (χ2n) is 8.57. The van der Waals surface area contributed by atoms with Gasteiger partial charge in [0.15, 0.2) is 11.5 Å². The second-order valence-corrected chi connectivity index (χ2v) is 8.57. The lowest BCUT2D eigenvalue weighted by Gasteiger charge is -2.31. The van der Waals surface area contributed by atoms with E-state index < -0.39 is 17.7 Å². The minimum absolute atomic E-state index is 0.0763. The molecule has 2 aromatic carbocycles. The summed E-state index contributed by atoms with van der Waals surface area (Å²) in [6.07, 6.45) is 0.851. The van der Waals surface area contributed by atoms with Crippen LogP contribution in [0.15, 0.2) is 54.1 Å². The van der Waals surface area contributed by atoms with Gasteiger partial charge in [-0.2, -0.15) is 0 Å². The summed E-state index contributed by atoms with van der Waals surface area (Å²) in [6, 6.07) is 13.5. The summed E-state index contributed by atoms with van der Waals surface area (Å²) < 4.78 is 16.8. The highest BCUT2D eigenvalue weighted by Crippen LogP contribution is 2.41. The number of likely N-dealkylation sites (tertiary alicyclic amines) is 1. The third-order valence-electron chi connectivity index (χ3n) is 6.31. The number of carbonyl (C=O) groups excluding carboxylic acids is 2. The van der Waals surface area contributed by atoms with Crippen molar-refractivity contribution in [1.82, 2.24) is 9.80 Å². The van der Waals surface area contributed by atoms with Gasteiger partial charge in [0.2, 0.25) is 0 Å². The Balaban J connectivity index is 1.74. The van der Waals surface area contributed by atoms with Crippen molar-refractivity contribution in [3.05, 3.63) is 65.2 Å². The minimum Gasteiger partial charge on any atom is -0.507 e. The molecule has 8 heteroatoms. The van der Waals surface area contributed by atoms with Crippen molar-refractivity contribution in [3.8, 4) is 11.5 Å². The molecule has 2 aliphatic heterocycles. The van der Waals surface area contributed by atoms with E-state index >= 15 is 0 Å². The largest absolute Gasteiger partial charge is 0.507 e. The third-order valence-corrected chi connectivity index (χ3v) is 6.31. The number of rotatable bonds is 9. The Labute approximate surface area is 205 Å². The Bertz CT molecular complexity index is 1080. The molecule has 2 aliphatic rings. The van der Waals surface area contributed by atoms with Crippen LogP contribution in [0, 0.1) is 0 Å². The van der Waals surface area contributed by atoms with Crippen LogP contribution in [-0.2, 0) is 14.3 Å². The monoisotopic (exact) mass is 480 g/mol. The molecule has 35 heavy (non-hydrogen) atoms. The maximum absolute atomic E-state index is 13.2. The number of hydrogen-bond acceptors (Lipinski definition) is 7. The number of aliphatic hydroxyl groups is 1. The first-order valence-corrected chi connectivity index (χ1v) is 12.0. The smallest absolute Gasteiger partial charge is 0.295 e. The number of amides is 1. The van der Waals surface area contributed by atoms with Gasteiger partial charge < -0.3 is 24.2 Å². The lowest BCUT2D eigenvalue weighted by molar-refractivity contribution is -0.140. The Morgan fingerprint density at radius 1 is 1.06 bits per heavy atom. The molecule has 8 nitrogen and oxygen atoms in total. The van der Waals surface area contributed by atoms with E-state index in [4.69, 9.17) is 14.2 Å². The summed E-state index contributed by atoms with van der Waals surface area (Å²) in [7, 11) is 1.55. The number of ether oxygens (including phenoxy) is 3. The van der Waals surface area contributed by atoms with Crippen molar-refractivity contribution >= 4 is 17.4 Å². The van der Waals surface area contributed by atoms with Crippen LogP contribution in [0.25, 0.3) is 5.76 Å². The normalized spacial score (nSPS) is 20.3. The quantitative estimate of drug-likeness (QED) is 0.335. The first-order chi connectivity index (χ1) is 17.0. The molecule has 1 amide bonds. The van der Waals surface area contributed by atoms with E-state index in [2.05, 4.69) is 4.90 Å². The van der Waals surface area contributed by atoms with Crippen LogP contribution in [0.5, 0.6) is 11.5 Å². The SMILES string of the molecule is CCCOc1ccc([C@H]2C(=C(O)c3ccccc3)C(=O)C(=O)N2CCN2CCOCC2)cc1OC. The van der Waals surface area contributed by atoms with E-state index in [0.29, 0.717) is 55.5 Å². The number of nitrogens with zero attached hydrogens (tertiary/aromatic N) is 2. The van der Waals surface area contributed by atoms with Crippen LogP contribution >= 0.6 is 0 Å². The number of morpholine rings is 1. The number of ketones is 1. The second kappa shape index (κ2) is 11.4. The number of benzene rings is 2. The Morgan fingerprint density at radius 2 is 1.80 bits per heavy atom. The van der Waals surface area contributed by atoms with E-state index in [9.17, 15) is 14.7 Å². The number of Topliss-reactive ketones (excluding diaryl/α,β-unsaturated/α-hetero) is 1. The summed E-state index contributed by atoms with van der Waals surface area (Å²) in [6.45, 7) is 6.35. The van der Waals surface area contributed by atoms with Crippen LogP contribution in [0.3, 0.4) is 0 Å². The highest BCUT2D eigenvalue weighted by Gasteiger charge is 2.46. The van der Waals surface area contributed by atoms with Gasteiger partial charge in [0.1, 0.15) is 5.76 Å². The Morgan fingerprint density at radius 3 is 2.49 bits per heavy atom. The number of hydrogen-bond donors (Lipinski definition) is 1. The lowest BCUT2D eigenvalue weighted by Crippen LogP contribution is -2.42. The lowest BCUT2D eigenvalue weighted by atomic mass is 9.95. The summed E-state index contributed by atoms with van der Waals surface area (Å²) in [5.41, 5.74) is 1.23. The minimum atomic E-state index is -0.745. The van der Waals surface area contributed by atoms with Gasteiger partial charge in [-0.3, -0.25) is 14.5 Å². The summed E-state index contributed by atoms with van der Waals surface area (Å²) in [4.78, 5) is 30.2. The van der Waals surface area contributed by atoms with E-state index in [0.717, 1.165) is 19.5 Å². The molecule has 0 unspecified atom stereocenters. The topological polar surface area (TPSA) is 88.5 Å². The summed E-state index contributed by atoms with van der Waals surface area (Å²) in [5.74, 6) is -0.399. The Kier molecular flexibility index (Phi) is 8.05. The molecule has 0 spiro atoms. The maximum atomic E-state index is 13.2. The zero-order valence-corrected chi connectivity index (χ0v) is 20.2. The third kappa shape index (κ3) is 5.33. The highest BCUT2D eigenvalue weighted by atomic mass is 16.5. The highest BCUT2D eigenvalue weighted by molar-refractivity contribution is 6.46. The van der Waals surface area contributed by atoms with Gasteiger partial charge in [-0.05, 0) is 24.1 Å². The zero-order valence-electron chi connectivity index (χ0n) is 20.2. The predicted molar refractivity (Wildman–Crippen MR) is 131 cm³/mol. The molecule has 1 N–H and O–H groups in total. The molecule has 0 radical (unpaired) electrons. The van der Waals surface area contributed by atoms with Crippen molar-refractivity contribution in [3.63, 3.8) is 0 Å². The van der Waals surface area contributed by atoms with Crippen LogP contribution < -0.4 is 9.47 Å². The predicted octanol–water partition coefficient (Wildman–Crippen LogP) is 3.24. The van der Waals surface area contributed by atoms with E-state index in [1.165, 1.54) is 0 Å². The number of aliphatic hydroxyl groups excluding tert-OH is 1. The van der Waals surface area contributed by atoms with Crippen LogP contribution in [0.2, 0.25) is 0 Å². The molecule has 1 atom stereocenters. The van der Waals surface area contributed by atoms with Crippen molar-refractivity contribution in [2.75, 3.05) is 53.1 Å². The number of carbonyl (C=O) groups is 2. The van der Waals surface area contributed by atoms with E-state index in [-0.39, 0.29) is 11.3 Å².